The van der Waals surface area contributed by atoms with E-state index in [9.17, 15) is 4.39 Å². The first-order valence-corrected chi connectivity index (χ1v) is 9.71. The smallest absolute Gasteiger partial charge is 0.304 e. The average molecular weight is 418 g/mol. The Morgan fingerprint density at radius 2 is 1.94 bits per heavy atom. The maximum atomic E-state index is 13.5. The van der Waals surface area contributed by atoms with Crippen molar-refractivity contribution in [3.63, 3.8) is 0 Å². The Balaban J connectivity index is 1.47. The maximum absolute atomic E-state index is 13.5. The predicted octanol–water partition coefficient (Wildman–Crippen LogP) is 3.96. The number of aryl methyl sites for hydroxylation is 1. The molecule has 4 aromatic heterocycles. The van der Waals surface area contributed by atoms with Gasteiger partial charge in [0, 0.05) is 32.0 Å². The average Bonchev–Trinajstić information content (AvgIpc) is 3.30. The largest absolute Gasteiger partial charge is 0.425 e. The van der Waals surface area contributed by atoms with E-state index in [1.165, 1.54) is 12.3 Å². The van der Waals surface area contributed by atoms with E-state index >= 15 is 0 Å². The van der Waals surface area contributed by atoms with Gasteiger partial charge in [-0.05, 0) is 36.4 Å². The zero-order valence-corrected chi connectivity index (χ0v) is 17.0. The molecule has 5 rings (SSSR count). The van der Waals surface area contributed by atoms with Gasteiger partial charge in [-0.2, -0.15) is 10.1 Å². The monoisotopic (exact) mass is 418 g/mol. The second-order valence-electron chi connectivity index (χ2n) is 7.00. The number of nitrogens with zero attached hydrogens (tertiary/aromatic N) is 6. The van der Waals surface area contributed by atoms with E-state index in [1.807, 2.05) is 41.0 Å². The molecule has 5 aromatic rings. The van der Waals surface area contributed by atoms with Crippen LogP contribution in [-0.2, 0) is 18.3 Å². The summed E-state index contributed by atoms with van der Waals surface area (Å²) in [6.07, 6.45) is 2.92. The number of ether oxygens (including phenoxy) is 2. The number of hydrogen-bond acceptors (Lipinski definition) is 6. The van der Waals surface area contributed by atoms with E-state index in [0.717, 1.165) is 16.7 Å². The van der Waals surface area contributed by atoms with Crippen molar-refractivity contribution in [1.82, 2.24) is 29.3 Å². The highest BCUT2D eigenvalue weighted by Gasteiger charge is 2.15. The molecule has 0 spiro atoms. The Kier molecular flexibility index (Phi) is 4.79. The first-order chi connectivity index (χ1) is 15.1. The molecule has 0 aliphatic carbocycles. The second-order valence-corrected chi connectivity index (χ2v) is 7.00. The number of rotatable bonds is 6. The lowest BCUT2D eigenvalue weighted by atomic mass is 10.1. The van der Waals surface area contributed by atoms with E-state index in [4.69, 9.17) is 9.47 Å². The summed E-state index contributed by atoms with van der Waals surface area (Å²) in [5, 5.41) is 4.50. The minimum atomic E-state index is -0.392. The summed E-state index contributed by atoms with van der Waals surface area (Å²) in [4.78, 5) is 13.2. The van der Waals surface area contributed by atoms with Crippen molar-refractivity contribution in [2.24, 2.45) is 7.05 Å². The SMILES string of the molecule is COCCn1c(Oc2ccc(-c3nn(C)c4cc(F)cnc34)cc2)nc2cccnc21. The molecule has 0 radical (unpaired) electrons. The molecule has 8 nitrogen and oxygen atoms in total. The van der Waals surface area contributed by atoms with Gasteiger partial charge in [-0.25, -0.2) is 14.4 Å². The third-order valence-corrected chi connectivity index (χ3v) is 4.98. The van der Waals surface area contributed by atoms with Gasteiger partial charge in [0.2, 0.25) is 0 Å². The van der Waals surface area contributed by atoms with Gasteiger partial charge in [-0.15, -0.1) is 0 Å². The molecule has 0 bridgehead atoms. The van der Waals surface area contributed by atoms with Crippen LogP contribution in [0.1, 0.15) is 0 Å². The lowest BCUT2D eigenvalue weighted by Crippen LogP contribution is -2.06. The number of hydrogen-bond donors (Lipinski definition) is 0. The van der Waals surface area contributed by atoms with Crippen molar-refractivity contribution < 1.29 is 13.9 Å². The highest BCUT2D eigenvalue weighted by Crippen LogP contribution is 2.30. The topological polar surface area (TPSA) is 79.9 Å². The molecular weight excluding hydrogens is 399 g/mol. The van der Waals surface area contributed by atoms with E-state index in [1.54, 1.807) is 25.0 Å². The molecule has 0 N–H and O–H groups in total. The van der Waals surface area contributed by atoms with Gasteiger partial charge in [0.05, 0.1) is 24.9 Å². The van der Waals surface area contributed by atoms with Crippen LogP contribution in [0.15, 0.2) is 54.9 Å². The first-order valence-electron chi connectivity index (χ1n) is 9.71. The molecule has 1 aromatic carbocycles. The predicted molar refractivity (Wildman–Crippen MR) is 113 cm³/mol. The minimum Gasteiger partial charge on any atom is -0.425 e. The molecule has 0 atom stereocenters. The molecule has 156 valence electrons. The summed E-state index contributed by atoms with van der Waals surface area (Å²) < 4.78 is 28.3. The molecule has 0 saturated heterocycles. The molecule has 31 heavy (non-hydrogen) atoms. The fourth-order valence-electron chi connectivity index (χ4n) is 3.49. The number of halogens is 1. The van der Waals surface area contributed by atoms with Gasteiger partial charge in [-0.3, -0.25) is 9.25 Å². The first kappa shape index (κ1) is 19.1. The number of methoxy groups -OCH3 is 1. The Hall–Kier alpha value is -3.85. The van der Waals surface area contributed by atoms with Crippen molar-refractivity contribution in [3.05, 3.63) is 60.7 Å². The highest BCUT2D eigenvalue weighted by atomic mass is 19.1. The van der Waals surface area contributed by atoms with Crippen LogP contribution in [0.25, 0.3) is 33.5 Å². The molecule has 0 saturated carbocycles. The van der Waals surface area contributed by atoms with Crippen molar-refractivity contribution in [2.75, 3.05) is 13.7 Å². The summed E-state index contributed by atoms with van der Waals surface area (Å²) in [6, 6.07) is 13.1. The Bertz CT molecular complexity index is 1380. The number of benzene rings is 1. The number of fused-ring (bicyclic) bond motifs is 2. The fourth-order valence-corrected chi connectivity index (χ4v) is 3.49. The molecule has 9 heteroatoms. The molecule has 0 aliphatic heterocycles. The Morgan fingerprint density at radius 1 is 1.10 bits per heavy atom. The highest BCUT2D eigenvalue weighted by molar-refractivity contribution is 5.89. The number of pyridine rings is 2. The van der Waals surface area contributed by atoms with Crippen LogP contribution in [0.5, 0.6) is 11.8 Å². The molecule has 4 heterocycles. The van der Waals surface area contributed by atoms with Crippen molar-refractivity contribution in [3.8, 4) is 23.0 Å². The number of aromatic nitrogens is 6. The quantitative estimate of drug-likeness (QED) is 0.415. The lowest BCUT2D eigenvalue weighted by molar-refractivity contribution is 0.185. The summed E-state index contributed by atoms with van der Waals surface area (Å²) in [5.41, 5.74) is 4.31. The summed E-state index contributed by atoms with van der Waals surface area (Å²) in [7, 11) is 3.42. The molecular formula is C22H19FN6O2. The minimum absolute atomic E-state index is 0.392. The third kappa shape index (κ3) is 3.49. The molecule has 0 fully saturated rings. The van der Waals surface area contributed by atoms with Crippen LogP contribution in [0.4, 0.5) is 4.39 Å². The van der Waals surface area contributed by atoms with Crippen LogP contribution >= 0.6 is 0 Å². The normalized spacial score (nSPS) is 11.5. The van der Waals surface area contributed by atoms with Crippen LogP contribution in [0.2, 0.25) is 0 Å². The molecule has 0 aliphatic rings. The molecule has 0 amide bonds. The second kappa shape index (κ2) is 7.77. The van der Waals surface area contributed by atoms with E-state index in [-0.39, 0.29) is 0 Å². The van der Waals surface area contributed by atoms with Gasteiger partial charge in [-0.1, -0.05) is 0 Å². The maximum Gasteiger partial charge on any atom is 0.304 e. The van der Waals surface area contributed by atoms with Gasteiger partial charge in [0.1, 0.15) is 28.3 Å². The van der Waals surface area contributed by atoms with Gasteiger partial charge in [0.25, 0.3) is 0 Å². The number of imidazole rings is 1. The van der Waals surface area contributed by atoms with E-state index < -0.39 is 5.82 Å². The third-order valence-electron chi connectivity index (χ3n) is 4.98. The van der Waals surface area contributed by atoms with Crippen LogP contribution < -0.4 is 4.74 Å². The van der Waals surface area contributed by atoms with Crippen molar-refractivity contribution >= 4 is 22.2 Å². The van der Waals surface area contributed by atoms with Gasteiger partial charge in [0.15, 0.2) is 5.65 Å². The van der Waals surface area contributed by atoms with Crippen molar-refractivity contribution in [1.29, 1.82) is 0 Å². The Labute approximate surface area is 176 Å². The van der Waals surface area contributed by atoms with Crippen LogP contribution in [0.3, 0.4) is 0 Å². The lowest BCUT2D eigenvalue weighted by Gasteiger charge is -2.09. The standard InChI is InChI=1S/C22H19FN6O2/c1-28-18-12-15(23)13-25-20(18)19(27-28)14-5-7-16(8-6-14)31-22-26-17-4-3-9-24-21(17)29(22)10-11-30-2/h3-9,12-13H,10-11H2,1-2H3. The summed E-state index contributed by atoms with van der Waals surface area (Å²) >= 11 is 0. The van der Waals surface area contributed by atoms with E-state index in [0.29, 0.717) is 41.6 Å². The Morgan fingerprint density at radius 3 is 2.74 bits per heavy atom. The van der Waals surface area contributed by atoms with E-state index in [2.05, 4.69) is 20.1 Å². The van der Waals surface area contributed by atoms with Crippen LogP contribution in [-0.4, -0.2) is 43.0 Å². The fraction of sp³-hybridized carbons (Fsp3) is 0.182. The van der Waals surface area contributed by atoms with Crippen LogP contribution in [0, 0.1) is 5.82 Å². The zero-order valence-electron chi connectivity index (χ0n) is 17.0. The van der Waals surface area contributed by atoms with Gasteiger partial charge >= 0.3 is 6.01 Å². The van der Waals surface area contributed by atoms with Crippen molar-refractivity contribution in [2.45, 2.75) is 6.54 Å². The van der Waals surface area contributed by atoms with Gasteiger partial charge < -0.3 is 9.47 Å². The zero-order chi connectivity index (χ0) is 21.4. The summed E-state index contributed by atoms with van der Waals surface area (Å²) in [5.74, 6) is 0.230. The summed E-state index contributed by atoms with van der Waals surface area (Å²) in [6.45, 7) is 1.08. The molecule has 0 unspecified atom stereocenters.